The molecule has 116 valence electrons. The van der Waals surface area contributed by atoms with Gasteiger partial charge in [0.1, 0.15) is 0 Å². The lowest BCUT2D eigenvalue weighted by molar-refractivity contribution is 0.377. The van der Waals surface area contributed by atoms with Crippen molar-refractivity contribution in [2.45, 2.75) is 77.2 Å². The SMILES string of the molecule is CCCCCCCCC(c1ccccc1)C(C)(C)N.O. The van der Waals surface area contributed by atoms with Crippen molar-refractivity contribution >= 4 is 0 Å². The maximum Gasteiger partial charge on any atom is 0.0166 e. The Morgan fingerprint density at radius 3 is 2.05 bits per heavy atom. The minimum absolute atomic E-state index is 0. The summed E-state index contributed by atoms with van der Waals surface area (Å²) in [6, 6.07) is 10.8. The first-order valence-electron chi connectivity index (χ1n) is 7.89. The van der Waals surface area contributed by atoms with Crippen molar-refractivity contribution in [2.75, 3.05) is 0 Å². The predicted molar refractivity (Wildman–Crippen MR) is 89.1 cm³/mol. The predicted octanol–water partition coefficient (Wildman–Crippen LogP) is 4.43. The van der Waals surface area contributed by atoms with E-state index in [1.807, 2.05) is 0 Å². The van der Waals surface area contributed by atoms with E-state index in [9.17, 15) is 0 Å². The molecule has 0 aliphatic rings. The van der Waals surface area contributed by atoms with E-state index in [4.69, 9.17) is 5.73 Å². The number of benzene rings is 1. The van der Waals surface area contributed by atoms with Gasteiger partial charge in [0.2, 0.25) is 0 Å². The van der Waals surface area contributed by atoms with Crippen LogP contribution in [0.3, 0.4) is 0 Å². The van der Waals surface area contributed by atoms with Crippen LogP contribution in [0.5, 0.6) is 0 Å². The molecule has 0 fully saturated rings. The fraction of sp³-hybridized carbons (Fsp3) is 0.667. The van der Waals surface area contributed by atoms with Gasteiger partial charge in [-0.3, -0.25) is 0 Å². The quantitative estimate of drug-likeness (QED) is 0.668. The number of hydrogen-bond donors (Lipinski definition) is 1. The van der Waals surface area contributed by atoms with Crippen LogP contribution in [0.25, 0.3) is 0 Å². The first-order chi connectivity index (χ1) is 9.05. The average Bonchev–Trinajstić information content (AvgIpc) is 2.37. The second-order valence-electron chi connectivity index (χ2n) is 6.34. The Bertz CT molecular complexity index is 329. The van der Waals surface area contributed by atoms with Gasteiger partial charge in [0.15, 0.2) is 0 Å². The molecule has 1 aromatic rings. The van der Waals surface area contributed by atoms with Gasteiger partial charge in [-0.1, -0.05) is 75.8 Å². The number of nitrogens with two attached hydrogens (primary N) is 1. The third-order valence-electron chi connectivity index (χ3n) is 3.95. The Hall–Kier alpha value is -0.860. The van der Waals surface area contributed by atoms with Gasteiger partial charge in [-0.2, -0.15) is 0 Å². The molecule has 1 aromatic carbocycles. The Morgan fingerprint density at radius 1 is 0.950 bits per heavy atom. The largest absolute Gasteiger partial charge is 0.412 e. The van der Waals surface area contributed by atoms with Crippen LogP contribution in [0, 0.1) is 0 Å². The lowest BCUT2D eigenvalue weighted by Crippen LogP contribution is -2.39. The van der Waals surface area contributed by atoms with E-state index < -0.39 is 0 Å². The van der Waals surface area contributed by atoms with Gasteiger partial charge in [0, 0.05) is 11.5 Å². The van der Waals surface area contributed by atoms with E-state index in [0.29, 0.717) is 5.92 Å². The fourth-order valence-corrected chi connectivity index (χ4v) is 2.78. The second kappa shape index (κ2) is 9.95. The summed E-state index contributed by atoms with van der Waals surface area (Å²) in [7, 11) is 0. The number of unbranched alkanes of at least 4 members (excludes halogenated alkanes) is 5. The van der Waals surface area contributed by atoms with E-state index in [1.165, 1.54) is 50.5 Å². The Balaban J connectivity index is 0.00000361. The van der Waals surface area contributed by atoms with E-state index in [-0.39, 0.29) is 11.0 Å². The standard InChI is InChI=1S/C18H31N.H2O/c1-4-5-6-7-8-12-15-17(18(2,3)19)16-13-10-9-11-14-16;/h9-11,13-14,17H,4-8,12,15,19H2,1-3H3;1H2. The molecule has 2 heteroatoms. The van der Waals surface area contributed by atoms with Gasteiger partial charge >= 0.3 is 0 Å². The first-order valence-corrected chi connectivity index (χ1v) is 7.89. The zero-order valence-corrected chi connectivity index (χ0v) is 13.5. The molecule has 0 radical (unpaired) electrons. The molecule has 0 aliphatic heterocycles. The first kappa shape index (κ1) is 19.1. The molecule has 1 atom stereocenters. The van der Waals surface area contributed by atoms with Gasteiger partial charge in [0.05, 0.1) is 0 Å². The normalized spacial score (nSPS) is 12.8. The van der Waals surface area contributed by atoms with Crippen molar-refractivity contribution in [1.29, 1.82) is 0 Å². The lowest BCUT2D eigenvalue weighted by atomic mass is 9.79. The van der Waals surface area contributed by atoms with E-state index >= 15 is 0 Å². The minimum Gasteiger partial charge on any atom is -0.412 e. The Morgan fingerprint density at radius 2 is 1.50 bits per heavy atom. The third kappa shape index (κ3) is 7.06. The lowest BCUT2D eigenvalue weighted by Gasteiger charge is -2.31. The third-order valence-corrected chi connectivity index (χ3v) is 3.95. The maximum atomic E-state index is 6.37. The molecule has 20 heavy (non-hydrogen) atoms. The van der Waals surface area contributed by atoms with Crippen LogP contribution in [-0.4, -0.2) is 11.0 Å². The van der Waals surface area contributed by atoms with E-state index in [0.717, 1.165) is 0 Å². The zero-order chi connectivity index (χ0) is 14.1. The van der Waals surface area contributed by atoms with Crippen LogP contribution in [-0.2, 0) is 0 Å². The average molecular weight is 279 g/mol. The van der Waals surface area contributed by atoms with Crippen LogP contribution in [0.15, 0.2) is 30.3 Å². The Kier molecular flexibility index (Phi) is 9.52. The monoisotopic (exact) mass is 279 g/mol. The molecule has 4 N–H and O–H groups in total. The smallest absolute Gasteiger partial charge is 0.0166 e. The van der Waals surface area contributed by atoms with Crippen molar-refractivity contribution in [1.82, 2.24) is 0 Å². The van der Waals surface area contributed by atoms with Crippen LogP contribution in [0.1, 0.15) is 77.2 Å². The molecule has 0 spiro atoms. The number of hydrogen-bond acceptors (Lipinski definition) is 1. The molecule has 1 rings (SSSR count). The highest BCUT2D eigenvalue weighted by molar-refractivity contribution is 5.22. The molecule has 0 saturated carbocycles. The Labute approximate surface area is 125 Å². The summed E-state index contributed by atoms with van der Waals surface area (Å²) in [4.78, 5) is 0. The van der Waals surface area contributed by atoms with E-state index in [1.54, 1.807) is 0 Å². The second-order valence-corrected chi connectivity index (χ2v) is 6.34. The van der Waals surface area contributed by atoms with Crippen LogP contribution in [0.4, 0.5) is 0 Å². The van der Waals surface area contributed by atoms with Gasteiger partial charge in [-0.05, 0) is 25.8 Å². The van der Waals surface area contributed by atoms with Crippen molar-refractivity contribution in [3.8, 4) is 0 Å². The summed E-state index contributed by atoms with van der Waals surface area (Å²) >= 11 is 0. The molecule has 2 nitrogen and oxygen atoms in total. The van der Waals surface area contributed by atoms with Gasteiger partial charge < -0.3 is 11.2 Å². The summed E-state index contributed by atoms with van der Waals surface area (Å²) in [5.41, 5.74) is 7.63. The molecule has 0 bridgehead atoms. The van der Waals surface area contributed by atoms with Gasteiger partial charge in [-0.15, -0.1) is 0 Å². The summed E-state index contributed by atoms with van der Waals surface area (Å²) < 4.78 is 0. The molecule has 0 aliphatic carbocycles. The highest BCUT2D eigenvalue weighted by atomic mass is 16.0. The maximum absolute atomic E-state index is 6.37. The molecule has 0 heterocycles. The summed E-state index contributed by atoms with van der Waals surface area (Å²) in [6.07, 6.45) is 9.31. The fourth-order valence-electron chi connectivity index (χ4n) is 2.78. The van der Waals surface area contributed by atoms with Crippen LogP contribution >= 0.6 is 0 Å². The van der Waals surface area contributed by atoms with Crippen molar-refractivity contribution in [3.63, 3.8) is 0 Å². The topological polar surface area (TPSA) is 57.5 Å². The zero-order valence-electron chi connectivity index (χ0n) is 13.5. The molecular weight excluding hydrogens is 246 g/mol. The highest BCUT2D eigenvalue weighted by Gasteiger charge is 2.25. The highest BCUT2D eigenvalue weighted by Crippen LogP contribution is 2.31. The van der Waals surface area contributed by atoms with Gasteiger partial charge in [-0.25, -0.2) is 0 Å². The van der Waals surface area contributed by atoms with E-state index in [2.05, 4.69) is 51.1 Å². The minimum atomic E-state index is -0.134. The molecule has 0 amide bonds. The summed E-state index contributed by atoms with van der Waals surface area (Å²) in [5.74, 6) is 0.472. The summed E-state index contributed by atoms with van der Waals surface area (Å²) in [6.45, 7) is 6.58. The van der Waals surface area contributed by atoms with Gasteiger partial charge in [0.25, 0.3) is 0 Å². The molecule has 0 saturated heterocycles. The van der Waals surface area contributed by atoms with Crippen molar-refractivity contribution in [3.05, 3.63) is 35.9 Å². The molecule has 1 unspecified atom stereocenters. The van der Waals surface area contributed by atoms with Crippen molar-refractivity contribution in [2.24, 2.45) is 5.73 Å². The summed E-state index contributed by atoms with van der Waals surface area (Å²) in [5, 5.41) is 0. The van der Waals surface area contributed by atoms with Crippen LogP contribution < -0.4 is 5.73 Å². The molecule has 0 aromatic heterocycles. The number of rotatable bonds is 9. The molecular formula is C18H33NO. The van der Waals surface area contributed by atoms with Crippen LogP contribution in [0.2, 0.25) is 0 Å². The van der Waals surface area contributed by atoms with Crippen molar-refractivity contribution < 1.29 is 5.48 Å².